The number of aliphatic hydroxyl groups is 2. The van der Waals surface area contributed by atoms with E-state index in [1.807, 2.05) is 39.8 Å². The fourth-order valence-electron chi connectivity index (χ4n) is 10.1. The van der Waals surface area contributed by atoms with Crippen molar-refractivity contribution in [3.05, 3.63) is 36.0 Å². The van der Waals surface area contributed by atoms with Crippen LogP contribution in [0.3, 0.4) is 0 Å². The van der Waals surface area contributed by atoms with Gasteiger partial charge >= 0.3 is 11.9 Å². The minimum atomic E-state index is -2.52. The first-order valence-corrected chi connectivity index (χ1v) is 22.4. The Morgan fingerprint density at radius 3 is 2.33 bits per heavy atom. The van der Waals surface area contributed by atoms with Gasteiger partial charge in [0.15, 0.2) is 0 Å². The number of Topliss-reactive ketones (excluding diaryl/α,β-unsaturated/α-hetero) is 2. The molecule has 14 atom stereocenters. The molecular formula is C47H73NO13. The number of ketones is 2. The number of esters is 1. The average molecular weight is 860 g/mol. The van der Waals surface area contributed by atoms with Crippen molar-refractivity contribution in [1.82, 2.24) is 4.90 Å². The van der Waals surface area contributed by atoms with Crippen LogP contribution in [0.15, 0.2) is 36.0 Å². The normalized spacial score (nSPS) is 39.0. The minimum absolute atomic E-state index is 0.000926. The number of carboxylic acid groups (broad SMARTS) is 1. The molecule has 1 unspecified atom stereocenters. The highest BCUT2D eigenvalue weighted by molar-refractivity contribution is 6.39. The summed E-state index contributed by atoms with van der Waals surface area (Å²) in [6.07, 6.45) is 6.69. The maximum absolute atomic E-state index is 14.4. The molecule has 1 amide bonds. The third-order valence-corrected chi connectivity index (χ3v) is 13.7. The monoisotopic (exact) mass is 860 g/mol. The van der Waals surface area contributed by atoms with Crippen molar-refractivity contribution in [2.45, 2.75) is 167 Å². The van der Waals surface area contributed by atoms with E-state index in [1.165, 1.54) is 19.1 Å². The maximum Gasteiger partial charge on any atom is 0.329 e. The van der Waals surface area contributed by atoms with Crippen molar-refractivity contribution >= 4 is 29.4 Å². The number of cyclic esters (lactones) is 1. The lowest BCUT2D eigenvalue weighted by Gasteiger charge is -2.47. The second kappa shape index (κ2) is 22.9. The van der Waals surface area contributed by atoms with Crippen LogP contribution in [0.2, 0.25) is 0 Å². The van der Waals surface area contributed by atoms with Gasteiger partial charge in [0.2, 0.25) is 5.79 Å². The standard InChI is InChI=1S/C47H73NO13/c1-10-14-34-20-27(3)19-28(4)21-39(57-8)43-40(58-9)23-30(6)47(56,61-43)44(53)45(54)48-18-13-12-15-35(48)46(55)60-42(31(7)36(49)25-37(34)50)29(5)22-32-16-17-38(33(11-2)24-32)59-26-41(51)52/h10,20,22,28,30-36,38-40,42-43,49,56H,1,11-19,21,23-26H2,2-9H3,(H,51,52)/b27-20+,29-22+/t28-,30+,31+,32-,33?,34+,35-,36-,38+,39-,40-,42-,43+,47+/m0/s1. The van der Waals surface area contributed by atoms with Crippen LogP contribution in [-0.4, -0.2) is 125 Å². The number of allylic oxidation sites excluding steroid dienone is 4. The van der Waals surface area contributed by atoms with Crippen molar-refractivity contribution in [1.29, 1.82) is 0 Å². The molecule has 14 heteroatoms. The van der Waals surface area contributed by atoms with Crippen LogP contribution in [0, 0.1) is 35.5 Å². The number of piperidine rings is 1. The Morgan fingerprint density at radius 1 is 1.00 bits per heavy atom. The van der Waals surface area contributed by atoms with Crippen LogP contribution < -0.4 is 0 Å². The molecule has 2 bridgehead atoms. The molecule has 3 fully saturated rings. The number of carbonyl (C=O) groups excluding carboxylic acids is 4. The topological polar surface area (TPSA) is 195 Å². The van der Waals surface area contributed by atoms with E-state index in [9.17, 15) is 39.3 Å². The fraction of sp³-hybridized carbons (Fsp3) is 0.766. The van der Waals surface area contributed by atoms with Crippen LogP contribution in [-0.2, 0) is 47.7 Å². The number of fused-ring (bicyclic) bond motifs is 3. The van der Waals surface area contributed by atoms with Crippen molar-refractivity contribution in [3.8, 4) is 0 Å². The second-order valence-electron chi connectivity index (χ2n) is 18.3. The van der Waals surface area contributed by atoms with Gasteiger partial charge in [0.25, 0.3) is 11.7 Å². The second-order valence-corrected chi connectivity index (χ2v) is 18.3. The molecule has 4 aliphatic rings. The van der Waals surface area contributed by atoms with Gasteiger partial charge in [-0.25, -0.2) is 9.59 Å². The Bertz CT molecular complexity index is 1610. The van der Waals surface area contributed by atoms with Gasteiger partial charge in [-0.05, 0) is 101 Å². The van der Waals surface area contributed by atoms with Gasteiger partial charge in [0.05, 0.1) is 24.4 Å². The Kier molecular flexibility index (Phi) is 18.9. The minimum Gasteiger partial charge on any atom is -0.480 e. The van der Waals surface area contributed by atoms with E-state index in [0.29, 0.717) is 50.5 Å². The molecule has 4 rings (SSSR count). The summed E-state index contributed by atoms with van der Waals surface area (Å²) >= 11 is 0. The molecule has 0 aromatic rings. The summed E-state index contributed by atoms with van der Waals surface area (Å²) in [5, 5.41) is 33.1. The van der Waals surface area contributed by atoms with Gasteiger partial charge in [0, 0.05) is 44.9 Å². The van der Waals surface area contributed by atoms with Crippen molar-refractivity contribution in [2.24, 2.45) is 35.5 Å². The Balaban J connectivity index is 1.76. The molecule has 3 aliphatic heterocycles. The first-order valence-electron chi connectivity index (χ1n) is 22.4. The molecule has 61 heavy (non-hydrogen) atoms. The number of hydrogen-bond acceptors (Lipinski definition) is 12. The first kappa shape index (κ1) is 50.4. The summed E-state index contributed by atoms with van der Waals surface area (Å²) in [5.74, 6) is -8.71. The highest BCUT2D eigenvalue weighted by Crippen LogP contribution is 2.40. The molecule has 344 valence electrons. The largest absolute Gasteiger partial charge is 0.480 e. The zero-order valence-corrected chi connectivity index (χ0v) is 37.7. The number of amides is 1. The number of ether oxygens (including phenoxy) is 5. The van der Waals surface area contributed by atoms with Crippen LogP contribution in [0.4, 0.5) is 0 Å². The number of methoxy groups -OCH3 is 2. The molecule has 3 heterocycles. The van der Waals surface area contributed by atoms with Crippen molar-refractivity contribution < 1.29 is 63.0 Å². The molecular weight excluding hydrogens is 787 g/mol. The van der Waals surface area contributed by atoms with E-state index in [0.717, 1.165) is 18.4 Å². The molecule has 0 spiro atoms. The summed E-state index contributed by atoms with van der Waals surface area (Å²) in [5.41, 5.74) is 1.61. The highest BCUT2D eigenvalue weighted by atomic mass is 16.7. The maximum atomic E-state index is 14.4. The third kappa shape index (κ3) is 12.7. The van der Waals surface area contributed by atoms with Crippen molar-refractivity contribution in [2.75, 3.05) is 27.4 Å². The van der Waals surface area contributed by atoms with Gasteiger partial charge in [-0.3, -0.25) is 14.4 Å². The third-order valence-electron chi connectivity index (χ3n) is 13.7. The Morgan fingerprint density at radius 2 is 1.69 bits per heavy atom. The van der Waals surface area contributed by atoms with Gasteiger partial charge in [-0.15, -0.1) is 6.58 Å². The zero-order chi connectivity index (χ0) is 45.2. The molecule has 2 saturated heterocycles. The first-order chi connectivity index (χ1) is 28.9. The lowest BCUT2D eigenvalue weighted by Crippen LogP contribution is -2.64. The van der Waals surface area contributed by atoms with Crippen LogP contribution in [0.25, 0.3) is 0 Å². The number of hydrogen-bond donors (Lipinski definition) is 3. The number of carbonyl (C=O) groups is 5. The van der Waals surface area contributed by atoms with Crippen LogP contribution in [0.1, 0.15) is 119 Å². The predicted octanol–water partition coefficient (Wildman–Crippen LogP) is 5.76. The van der Waals surface area contributed by atoms with Crippen LogP contribution in [0.5, 0.6) is 0 Å². The molecule has 3 N–H and O–H groups in total. The summed E-state index contributed by atoms with van der Waals surface area (Å²) in [7, 11) is 3.04. The number of nitrogens with zero attached hydrogens (tertiary/aromatic N) is 1. The summed E-state index contributed by atoms with van der Waals surface area (Å²) in [6, 6.07) is -1.16. The quantitative estimate of drug-likeness (QED) is 0.137. The van der Waals surface area contributed by atoms with Crippen molar-refractivity contribution in [3.63, 3.8) is 0 Å². The lowest BCUT2D eigenvalue weighted by atomic mass is 9.76. The smallest absolute Gasteiger partial charge is 0.329 e. The van der Waals surface area contributed by atoms with Gasteiger partial charge in [0.1, 0.15) is 30.6 Å². The van der Waals surface area contributed by atoms with E-state index in [1.54, 1.807) is 19.9 Å². The van der Waals surface area contributed by atoms with E-state index in [-0.39, 0.29) is 62.1 Å². The van der Waals surface area contributed by atoms with Gasteiger partial charge < -0.3 is 43.9 Å². The van der Waals surface area contributed by atoms with Gasteiger partial charge in [-0.2, -0.15) is 0 Å². The number of carboxylic acids is 1. The SMILES string of the molecule is C=CC[C@@H]1/C=C(\C)C[C@H](C)C[C@H](OC)[C@H]2O[C@@](O)(C(=O)C(=O)N3CCCC[C@H]3C(=O)O[C@@H](/C(C)=C/[C@@H]3CC[C@@H](OCC(=O)O)C(CC)C3)[C@H](C)[C@@H](O)CC1=O)[C@H](C)C[C@@H]2OC. The lowest BCUT2D eigenvalue weighted by molar-refractivity contribution is -0.302. The van der Waals surface area contributed by atoms with E-state index in [2.05, 4.69) is 6.58 Å². The molecule has 1 saturated carbocycles. The van der Waals surface area contributed by atoms with Crippen LogP contribution >= 0.6 is 0 Å². The summed E-state index contributed by atoms with van der Waals surface area (Å²) < 4.78 is 30.0. The average Bonchev–Trinajstić information content (AvgIpc) is 3.23. The summed E-state index contributed by atoms with van der Waals surface area (Å²) in [4.78, 5) is 69.4. The highest BCUT2D eigenvalue weighted by Gasteiger charge is 2.56. The molecule has 0 aromatic heterocycles. The number of aliphatic hydroxyl groups excluding tert-OH is 1. The van der Waals surface area contributed by atoms with E-state index in [4.69, 9.17) is 23.7 Å². The fourth-order valence-corrected chi connectivity index (χ4v) is 10.1. The molecule has 14 nitrogen and oxygen atoms in total. The summed E-state index contributed by atoms with van der Waals surface area (Å²) in [6.45, 7) is 14.8. The van der Waals surface area contributed by atoms with Gasteiger partial charge in [-0.1, -0.05) is 57.9 Å². The Labute approximate surface area is 362 Å². The number of aliphatic carboxylic acids is 1. The molecule has 0 radical (unpaired) electrons. The predicted molar refractivity (Wildman–Crippen MR) is 227 cm³/mol. The Hall–Kier alpha value is -3.27. The zero-order valence-electron chi connectivity index (χ0n) is 37.7. The molecule has 0 aromatic carbocycles. The number of rotatable bonds is 10. The molecule has 1 aliphatic carbocycles. The van der Waals surface area contributed by atoms with E-state index >= 15 is 0 Å². The van der Waals surface area contributed by atoms with E-state index < -0.39 is 83.7 Å².